The molecular weight excluding hydrogens is 218 g/mol. The summed E-state index contributed by atoms with van der Waals surface area (Å²) in [6, 6.07) is 11.6. The van der Waals surface area contributed by atoms with Crippen LogP contribution in [0.15, 0.2) is 48.0 Å². The Morgan fingerprint density at radius 1 is 1.06 bits per heavy atom. The highest BCUT2D eigenvalue weighted by Crippen LogP contribution is 2.33. The van der Waals surface area contributed by atoms with Crippen LogP contribution in [0.2, 0.25) is 0 Å². The normalized spacial score (nSPS) is 10.8. The Hall–Kier alpha value is -1.87. The number of thiophene rings is 1. The third-order valence-corrected chi connectivity index (χ3v) is 3.44. The fraction of sp³-hybridized carbons (Fsp3) is 0. The Morgan fingerprint density at radius 3 is 2.81 bits per heavy atom. The van der Waals surface area contributed by atoms with E-state index in [1.807, 2.05) is 29.6 Å². The maximum absolute atomic E-state index is 9.73. The Balaban J connectivity index is 2.38. The van der Waals surface area contributed by atoms with Crippen LogP contribution in [-0.4, -0.2) is 10.1 Å². The highest BCUT2D eigenvalue weighted by molar-refractivity contribution is 7.13. The number of aromatic hydroxyl groups is 1. The van der Waals surface area contributed by atoms with Gasteiger partial charge in [-0.3, -0.25) is 4.98 Å². The quantitative estimate of drug-likeness (QED) is 0.688. The molecule has 0 bridgehead atoms. The zero-order valence-corrected chi connectivity index (χ0v) is 9.24. The van der Waals surface area contributed by atoms with Crippen molar-refractivity contribution in [1.29, 1.82) is 0 Å². The van der Waals surface area contributed by atoms with Gasteiger partial charge in [-0.15, -0.1) is 11.3 Å². The SMILES string of the molecule is Oc1cccc2c(-c3cccs3)ccnc12. The van der Waals surface area contributed by atoms with Crippen molar-refractivity contribution in [3.05, 3.63) is 48.0 Å². The van der Waals surface area contributed by atoms with E-state index in [0.717, 1.165) is 10.9 Å². The Morgan fingerprint density at radius 2 is 2.00 bits per heavy atom. The highest BCUT2D eigenvalue weighted by atomic mass is 32.1. The summed E-state index contributed by atoms with van der Waals surface area (Å²) in [5.74, 6) is 0.232. The van der Waals surface area contributed by atoms with Crippen LogP contribution in [0.3, 0.4) is 0 Å². The molecule has 0 saturated heterocycles. The molecule has 2 heterocycles. The van der Waals surface area contributed by atoms with Crippen LogP contribution in [0.4, 0.5) is 0 Å². The topological polar surface area (TPSA) is 33.1 Å². The van der Waals surface area contributed by atoms with Gasteiger partial charge in [0.25, 0.3) is 0 Å². The summed E-state index contributed by atoms with van der Waals surface area (Å²) in [5, 5.41) is 12.8. The predicted octanol–water partition coefficient (Wildman–Crippen LogP) is 3.67. The van der Waals surface area contributed by atoms with E-state index in [-0.39, 0.29) is 5.75 Å². The third kappa shape index (κ3) is 1.37. The first-order chi connectivity index (χ1) is 7.86. The van der Waals surface area contributed by atoms with Crippen LogP contribution in [0, 0.1) is 0 Å². The molecular formula is C13H9NOS. The monoisotopic (exact) mass is 227 g/mol. The molecule has 0 spiro atoms. The Labute approximate surface area is 96.8 Å². The van der Waals surface area contributed by atoms with Gasteiger partial charge in [0.15, 0.2) is 0 Å². The standard InChI is InChI=1S/C13H9NOS/c15-11-4-1-3-10-9(6-7-14-13(10)11)12-5-2-8-16-12/h1-8,15H. The number of benzene rings is 1. The molecule has 0 unspecified atom stereocenters. The molecule has 0 aliphatic rings. The molecule has 78 valence electrons. The molecule has 0 radical (unpaired) electrons. The third-order valence-electron chi connectivity index (χ3n) is 2.54. The average Bonchev–Trinajstić information content (AvgIpc) is 2.82. The number of phenolic OH excluding ortho intramolecular Hbond substituents is 1. The van der Waals surface area contributed by atoms with E-state index < -0.39 is 0 Å². The smallest absolute Gasteiger partial charge is 0.141 e. The van der Waals surface area contributed by atoms with Gasteiger partial charge < -0.3 is 5.11 Å². The van der Waals surface area contributed by atoms with Gasteiger partial charge in [0.1, 0.15) is 11.3 Å². The lowest BCUT2D eigenvalue weighted by Crippen LogP contribution is -1.82. The number of pyridine rings is 1. The fourth-order valence-corrected chi connectivity index (χ4v) is 2.57. The largest absolute Gasteiger partial charge is 0.506 e. The van der Waals surface area contributed by atoms with Gasteiger partial charge in [0.2, 0.25) is 0 Å². The maximum atomic E-state index is 9.73. The molecule has 16 heavy (non-hydrogen) atoms. The van der Waals surface area contributed by atoms with E-state index in [2.05, 4.69) is 11.1 Å². The molecule has 0 atom stereocenters. The number of phenols is 1. The number of hydrogen-bond acceptors (Lipinski definition) is 3. The molecule has 1 N–H and O–H groups in total. The van der Waals surface area contributed by atoms with E-state index in [9.17, 15) is 5.11 Å². The lowest BCUT2D eigenvalue weighted by Gasteiger charge is -2.04. The first-order valence-corrected chi connectivity index (χ1v) is 5.85. The number of nitrogens with zero attached hydrogens (tertiary/aromatic N) is 1. The minimum absolute atomic E-state index is 0.232. The molecule has 3 heteroatoms. The van der Waals surface area contributed by atoms with Crippen LogP contribution in [0.1, 0.15) is 0 Å². The van der Waals surface area contributed by atoms with Crippen molar-refractivity contribution >= 4 is 22.2 Å². The van der Waals surface area contributed by atoms with Crippen LogP contribution in [0.5, 0.6) is 5.75 Å². The lowest BCUT2D eigenvalue weighted by atomic mass is 10.1. The van der Waals surface area contributed by atoms with Crippen molar-refractivity contribution in [2.24, 2.45) is 0 Å². The second kappa shape index (κ2) is 3.61. The van der Waals surface area contributed by atoms with E-state index in [0.29, 0.717) is 5.52 Å². The molecule has 0 amide bonds. The van der Waals surface area contributed by atoms with Gasteiger partial charge in [0.05, 0.1) is 0 Å². The van der Waals surface area contributed by atoms with Gasteiger partial charge in [-0.05, 0) is 23.6 Å². The summed E-state index contributed by atoms with van der Waals surface area (Å²) >= 11 is 1.69. The number of rotatable bonds is 1. The van der Waals surface area contributed by atoms with Crippen molar-refractivity contribution < 1.29 is 5.11 Å². The van der Waals surface area contributed by atoms with Crippen LogP contribution < -0.4 is 0 Å². The van der Waals surface area contributed by atoms with Crippen molar-refractivity contribution in [3.63, 3.8) is 0 Å². The molecule has 3 aromatic rings. The van der Waals surface area contributed by atoms with E-state index in [4.69, 9.17) is 0 Å². The van der Waals surface area contributed by atoms with Crippen molar-refractivity contribution in [2.45, 2.75) is 0 Å². The minimum atomic E-state index is 0.232. The second-order valence-electron chi connectivity index (χ2n) is 3.51. The van der Waals surface area contributed by atoms with Crippen LogP contribution in [-0.2, 0) is 0 Å². The number of aromatic nitrogens is 1. The molecule has 2 aromatic heterocycles. The Bertz CT molecular complexity index is 631. The number of para-hydroxylation sites is 1. The van der Waals surface area contributed by atoms with Crippen LogP contribution in [0.25, 0.3) is 21.3 Å². The zero-order valence-electron chi connectivity index (χ0n) is 8.42. The Kier molecular flexibility index (Phi) is 2.11. The summed E-state index contributed by atoms with van der Waals surface area (Å²) in [4.78, 5) is 5.40. The predicted molar refractivity (Wildman–Crippen MR) is 66.7 cm³/mol. The van der Waals surface area contributed by atoms with Gasteiger partial charge in [-0.1, -0.05) is 18.2 Å². The second-order valence-corrected chi connectivity index (χ2v) is 4.46. The van der Waals surface area contributed by atoms with Crippen molar-refractivity contribution in [1.82, 2.24) is 4.98 Å². The fourth-order valence-electron chi connectivity index (χ4n) is 1.81. The summed E-state index contributed by atoms with van der Waals surface area (Å²) in [6.45, 7) is 0. The highest BCUT2D eigenvalue weighted by Gasteiger charge is 2.07. The minimum Gasteiger partial charge on any atom is -0.506 e. The lowest BCUT2D eigenvalue weighted by molar-refractivity contribution is 0.480. The first-order valence-electron chi connectivity index (χ1n) is 4.97. The molecule has 0 aliphatic heterocycles. The van der Waals surface area contributed by atoms with Gasteiger partial charge in [0, 0.05) is 22.0 Å². The van der Waals surface area contributed by atoms with Gasteiger partial charge in [-0.25, -0.2) is 0 Å². The van der Waals surface area contributed by atoms with E-state index in [1.54, 1.807) is 23.6 Å². The molecule has 1 aromatic carbocycles. The molecule has 0 fully saturated rings. The molecule has 2 nitrogen and oxygen atoms in total. The maximum Gasteiger partial charge on any atom is 0.141 e. The molecule has 0 aliphatic carbocycles. The van der Waals surface area contributed by atoms with Crippen molar-refractivity contribution in [2.75, 3.05) is 0 Å². The summed E-state index contributed by atoms with van der Waals surface area (Å²) < 4.78 is 0. The first kappa shape index (κ1) is 9.36. The average molecular weight is 227 g/mol. The molecule has 3 rings (SSSR count). The van der Waals surface area contributed by atoms with Gasteiger partial charge >= 0.3 is 0 Å². The summed E-state index contributed by atoms with van der Waals surface area (Å²) in [7, 11) is 0. The van der Waals surface area contributed by atoms with E-state index in [1.165, 1.54) is 4.88 Å². The van der Waals surface area contributed by atoms with Crippen molar-refractivity contribution in [3.8, 4) is 16.2 Å². The van der Waals surface area contributed by atoms with Crippen LogP contribution >= 0.6 is 11.3 Å². The summed E-state index contributed by atoms with van der Waals surface area (Å²) in [5.41, 5.74) is 1.78. The number of hydrogen-bond donors (Lipinski definition) is 1. The van der Waals surface area contributed by atoms with E-state index >= 15 is 0 Å². The molecule has 0 saturated carbocycles. The zero-order chi connectivity index (χ0) is 11.0. The summed E-state index contributed by atoms with van der Waals surface area (Å²) in [6.07, 6.45) is 1.73. The van der Waals surface area contributed by atoms with Gasteiger partial charge in [-0.2, -0.15) is 0 Å². The number of fused-ring (bicyclic) bond motifs is 1.